The van der Waals surface area contributed by atoms with E-state index in [9.17, 15) is 0 Å². The molecule has 0 aliphatic carbocycles. The summed E-state index contributed by atoms with van der Waals surface area (Å²) in [7, 11) is 0. The lowest BCUT2D eigenvalue weighted by atomic mass is 9.97. The topological polar surface area (TPSA) is 43.6 Å². The van der Waals surface area contributed by atoms with Gasteiger partial charge in [-0.3, -0.25) is 4.57 Å². The van der Waals surface area contributed by atoms with Crippen molar-refractivity contribution in [2.75, 3.05) is 0 Å². The zero-order valence-corrected chi connectivity index (χ0v) is 25.4. The predicted octanol–water partition coefficient (Wildman–Crippen LogP) is 11.0. The highest BCUT2D eigenvalue weighted by Crippen LogP contribution is 2.46. The zero-order valence-electron chi connectivity index (χ0n) is 24.6. The summed E-state index contributed by atoms with van der Waals surface area (Å²) >= 11 is 1.87. The minimum absolute atomic E-state index is 0.607. The molecule has 0 atom stereocenters. The van der Waals surface area contributed by atoms with Gasteiger partial charge in [-0.2, -0.15) is 9.97 Å². The summed E-state index contributed by atoms with van der Waals surface area (Å²) in [5.41, 5.74) is 4.06. The van der Waals surface area contributed by atoms with Gasteiger partial charge in [-0.15, -0.1) is 11.3 Å². The van der Waals surface area contributed by atoms with Crippen LogP contribution in [0.1, 0.15) is 0 Å². The molecule has 0 unspecified atom stereocenters. The Balaban J connectivity index is 1.32. The van der Waals surface area contributed by atoms with E-state index in [4.69, 9.17) is 15.0 Å². The third kappa shape index (κ3) is 3.69. The molecular formula is C41H24N4S. The average Bonchev–Trinajstić information content (AvgIpc) is 3.68. The molecule has 0 fully saturated rings. The molecule has 214 valence electrons. The number of hydrogen-bond acceptors (Lipinski definition) is 4. The van der Waals surface area contributed by atoms with E-state index in [1.54, 1.807) is 0 Å². The van der Waals surface area contributed by atoms with Crippen LogP contribution in [0.15, 0.2) is 146 Å². The fraction of sp³-hybridized carbons (Fsp3) is 0. The van der Waals surface area contributed by atoms with Gasteiger partial charge in [0.2, 0.25) is 5.95 Å². The van der Waals surface area contributed by atoms with Crippen molar-refractivity contribution in [3.05, 3.63) is 146 Å². The first-order chi connectivity index (χ1) is 22.8. The third-order valence-electron chi connectivity index (χ3n) is 9.03. The molecular weight excluding hydrogens is 581 g/mol. The quantitative estimate of drug-likeness (QED) is 0.188. The molecule has 0 amide bonds. The molecule has 3 heterocycles. The first kappa shape index (κ1) is 25.4. The van der Waals surface area contributed by atoms with E-state index in [0.29, 0.717) is 17.6 Å². The van der Waals surface area contributed by atoms with Gasteiger partial charge in [0.05, 0.1) is 11.0 Å². The van der Waals surface area contributed by atoms with Crippen LogP contribution in [0.5, 0.6) is 0 Å². The summed E-state index contributed by atoms with van der Waals surface area (Å²) < 4.78 is 4.78. The highest BCUT2D eigenvalue weighted by molar-refractivity contribution is 7.27. The Kier molecular flexibility index (Phi) is 5.41. The van der Waals surface area contributed by atoms with E-state index in [1.165, 1.54) is 52.5 Å². The van der Waals surface area contributed by atoms with Gasteiger partial charge in [0, 0.05) is 42.1 Å². The molecule has 46 heavy (non-hydrogen) atoms. The van der Waals surface area contributed by atoms with Crippen LogP contribution in [0, 0.1) is 0 Å². The average molecular weight is 605 g/mol. The van der Waals surface area contributed by atoms with Gasteiger partial charge in [0.1, 0.15) is 0 Å². The highest BCUT2D eigenvalue weighted by Gasteiger charge is 2.21. The molecule has 0 saturated carbocycles. The molecule has 4 nitrogen and oxygen atoms in total. The Morgan fingerprint density at radius 3 is 1.80 bits per heavy atom. The van der Waals surface area contributed by atoms with Gasteiger partial charge in [-0.25, -0.2) is 4.98 Å². The van der Waals surface area contributed by atoms with Crippen LogP contribution in [0.25, 0.3) is 92.2 Å². The lowest BCUT2D eigenvalue weighted by molar-refractivity contribution is 0.953. The van der Waals surface area contributed by atoms with Gasteiger partial charge in [0.25, 0.3) is 0 Å². The van der Waals surface area contributed by atoms with Gasteiger partial charge in [-0.1, -0.05) is 127 Å². The minimum atomic E-state index is 0.607. The van der Waals surface area contributed by atoms with E-state index >= 15 is 0 Å². The number of thiophene rings is 1. The van der Waals surface area contributed by atoms with Crippen molar-refractivity contribution in [2.24, 2.45) is 0 Å². The largest absolute Gasteiger partial charge is 0.278 e. The fourth-order valence-electron chi connectivity index (χ4n) is 6.99. The van der Waals surface area contributed by atoms with Crippen LogP contribution < -0.4 is 0 Å². The van der Waals surface area contributed by atoms with Crippen molar-refractivity contribution in [1.29, 1.82) is 0 Å². The maximum absolute atomic E-state index is 5.11. The highest BCUT2D eigenvalue weighted by atomic mass is 32.1. The number of hydrogen-bond donors (Lipinski definition) is 0. The molecule has 0 radical (unpaired) electrons. The van der Waals surface area contributed by atoms with Gasteiger partial charge in [-0.05, 0) is 39.7 Å². The van der Waals surface area contributed by atoms with Crippen LogP contribution in [-0.2, 0) is 0 Å². The smallest absolute Gasteiger partial charge is 0.238 e. The molecule has 5 heteroatoms. The molecule has 0 saturated heterocycles. The third-order valence-corrected chi connectivity index (χ3v) is 10.2. The summed E-state index contributed by atoms with van der Waals surface area (Å²) in [4.78, 5) is 15.2. The van der Waals surface area contributed by atoms with Crippen molar-refractivity contribution in [3.63, 3.8) is 0 Å². The molecule has 10 rings (SSSR count). The van der Waals surface area contributed by atoms with Crippen molar-refractivity contribution in [1.82, 2.24) is 19.5 Å². The molecule has 7 aromatic carbocycles. The molecule has 0 aliphatic rings. The SMILES string of the molecule is c1ccc(-c2nc(-c3ccccc3)nc(-n3c4ccccc4c4c5sc6ccc7ccc8ccccc8c7c6c5ccc43)n2)cc1. The number of rotatable bonds is 3. The summed E-state index contributed by atoms with van der Waals surface area (Å²) in [5.74, 6) is 1.91. The van der Waals surface area contributed by atoms with Crippen molar-refractivity contribution < 1.29 is 0 Å². The van der Waals surface area contributed by atoms with E-state index in [1.807, 2.05) is 47.7 Å². The second-order valence-corrected chi connectivity index (χ2v) is 12.7. The first-order valence-electron chi connectivity index (χ1n) is 15.4. The minimum Gasteiger partial charge on any atom is -0.278 e. The van der Waals surface area contributed by atoms with Gasteiger partial charge >= 0.3 is 0 Å². The van der Waals surface area contributed by atoms with Crippen LogP contribution in [0.4, 0.5) is 0 Å². The predicted molar refractivity (Wildman–Crippen MR) is 193 cm³/mol. The Bertz CT molecular complexity index is 2740. The van der Waals surface area contributed by atoms with E-state index in [-0.39, 0.29) is 0 Å². The molecule has 0 bridgehead atoms. The van der Waals surface area contributed by atoms with E-state index in [0.717, 1.165) is 22.2 Å². The first-order valence-corrected chi connectivity index (χ1v) is 16.2. The van der Waals surface area contributed by atoms with Crippen LogP contribution in [-0.4, -0.2) is 19.5 Å². The van der Waals surface area contributed by atoms with E-state index in [2.05, 4.69) is 114 Å². The Morgan fingerprint density at radius 2 is 1.04 bits per heavy atom. The monoisotopic (exact) mass is 604 g/mol. The molecule has 0 spiro atoms. The Labute approximate surface area is 267 Å². The lowest BCUT2D eigenvalue weighted by Gasteiger charge is -2.11. The van der Waals surface area contributed by atoms with Crippen LogP contribution >= 0.6 is 11.3 Å². The normalized spacial score (nSPS) is 11.9. The Morgan fingerprint density at radius 1 is 0.413 bits per heavy atom. The van der Waals surface area contributed by atoms with E-state index < -0.39 is 0 Å². The summed E-state index contributed by atoms with van der Waals surface area (Å²) in [6.45, 7) is 0. The standard InChI is InChI=1S/C41H24N4S/c1-3-12-27(13-4-1)39-42-40(28-14-5-2-6-15-28)44-41(43-39)45-32-18-10-9-17-30(32)36-33(45)23-22-31-37-34(46-38(31)36)24-21-26-20-19-25-11-7-8-16-29(25)35(26)37/h1-24H. The molecule has 3 aromatic heterocycles. The number of para-hydroxylation sites is 1. The molecule has 0 N–H and O–H groups in total. The van der Waals surface area contributed by atoms with Crippen molar-refractivity contribution in [2.45, 2.75) is 0 Å². The molecule has 0 aliphatic heterocycles. The zero-order chi connectivity index (χ0) is 30.2. The maximum atomic E-state index is 5.11. The van der Waals surface area contributed by atoms with Crippen LogP contribution in [0.3, 0.4) is 0 Å². The summed E-state index contributed by atoms with van der Waals surface area (Å²) in [5, 5.41) is 10.2. The van der Waals surface area contributed by atoms with Crippen LogP contribution in [0.2, 0.25) is 0 Å². The van der Waals surface area contributed by atoms with Crippen molar-refractivity contribution >= 4 is 74.9 Å². The number of aromatic nitrogens is 4. The van der Waals surface area contributed by atoms with Crippen molar-refractivity contribution in [3.8, 4) is 28.7 Å². The van der Waals surface area contributed by atoms with Gasteiger partial charge in [0.15, 0.2) is 11.6 Å². The second-order valence-electron chi connectivity index (χ2n) is 11.6. The number of nitrogens with zero attached hydrogens (tertiary/aromatic N) is 4. The molecule has 10 aromatic rings. The van der Waals surface area contributed by atoms with Gasteiger partial charge < -0.3 is 0 Å². The number of fused-ring (bicyclic) bond motifs is 11. The Hall–Kier alpha value is -5.91. The maximum Gasteiger partial charge on any atom is 0.238 e. The lowest BCUT2D eigenvalue weighted by Crippen LogP contribution is -2.06. The number of benzene rings is 7. The summed E-state index contributed by atoms with van der Waals surface area (Å²) in [6, 6.07) is 51.2. The summed E-state index contributed by atoms with van der Waals surface area (Å²) in [6.07, 6.45) is 0. The fourth-order valence-corrected chi connectivity index (χ4v) is 8.25. The second kappa shape index (κ2) is 9.80.